The summed E-state index contributed by atoms with van der Waals surface area (Å²) in [6.45, 7) is 3.97. The van der Waals surface area contributed by atoms with E-state index in [1.165, 1.54) is 12.0 Å². The summed E-state index contributed by atoms with van der Waals surface area (Å²) >= 11 is 0. The Bertz CT molecular complexity index is 1480. The number of hydrogen-bond donors (Lipinski definition) is 1. The number of nitrogens with one attached hydrogen (secondary N) is 1. The molecule has 3 aromatic carbocycles. The van der Waals surface area contributed by atoms with Gasteiger partial charge in [0.05, 0.1) is 13.2 Å². The summed E-state index contributed by atoms with van der Waals surface area (Å²) in [5.41, 5.74) is 3.71. The van der Waals surface area contributed by atoms with E-state index in [1.54, 1.807) is 6.08 Å². The van der Waals surface area contributed by atoms with Crippen LogP contribution >= 0.6 is 0 Å². The van der Waals surface area contributed by atoms with Crippen LogP contribution in [0.15, 0.2) is 91.5 Å². The lowest BCUT2D eigenvalue weighted by atomic mass is 9.85. The zero-order valence-electron chi connectivity index (χ0n) is 23.6. The SMILES string of the molecule is C#C[C@H]1CC[C@@H](C(=O)OC)N1C(=O)C(CC=C)(Cc1ccccc1)NC(=O)OCC1c2ccccc2-c2ccccc21. The molecule has 1 fully saturated rings. The number of esters is 1. The predicted molar refractivity (Wildman–Crippen MR) is 160 cm³/mol. The normalized spacial score (nSPS) is 18.6. The van der Waals surface area contributed by atoms with E-state index in [4.69, 9.17) is 15.9 Å². The molecule has 7 nitrogen and oxygen atoms in total. The zero-order valence-corrected chi connectivity index (χ0v) is 23.6. The van der Waals surface area contributed by atoms with Gasteiger partial charge in [-0.05, 0) is 47.1 Å². The summed E-state index contributed by atoms with van der Waals surface area (Å²) in [6, 6.07) is 24.0. The summed E-state index contributed by atoms with van der Waals surface area (Å²) in [5, 5.41) is 2.91. The minimum absolute atomic E-state index is 0.0883. The highest BCUT2D eigenvalue weighted by Crippen LogP contribution is 2.44. The largest absolute Gasteiger partial charge is 0.467 e. The van der Waals surface area contributed by atoms with Crippen LogP contribution in [0.4, 0.5) is 4.79 Å². The van der Waals surface area contributed by atoms with E-state index in [-0.39, 0.29) is 25.4 Å². The number of nitrogens with zero attached hydrogens (tertiary/aromatic N) is 1. The number of benzene rings is 3. The lowest BCUT2D eigenvalue weighted by molar-refractivity contribution is -0.154. The van der Waals surface area contributed by atoms with E-state index < -0.39 is 35.6 Å². The Hall–Kier alpha value is -4.83. The van der Waals surface area contributed by atoms with Crippen LogP contribution < -0.4 is 5.32 Å². The third-order valence-electron chi connectivity index (χ3n) is 8.22. The maximum absolute atomic E-state index is 14.5. The van der Waals surface area contributed by atoms with Gasteiger partial charge < -0.3 is 19.7 Å². The van der Waals surface area contributed by atoms with Crippen molar-refractivity contribution in [2.75, 3.05) is 13.7 Å². The first-order chi connectivity index (χ1) is 20.4. The molecule has 1 aliphatic heterocycles. The van der Waals surface area contributed by atoms with E-state index in [0.29, 0.717) is 12.8 Å². The average molecular weight is 563 g/mol. The molecule has 3 aromatic rings. The van der Waals surface area contributed by atoms with Gasteiger partial charge in [0.1, 0.15) is 18.2 Å². The predicted octanol–water partition coefficient (Wildman–Crippen LogP) is 5.25. The van der Waals surface area contributed by atoms with Crippen molar-refractivity contribution in [2.45, 2.75) is 49.2 Å². The molecule has 1 N–H and O–H groups in total. The summed E-state index contributed by atoms with van der Waals surface area (Å²) in [4.78, 5) is 42.1. The monoisotopic (exact) mass is 562 g/mol. The van der Waals surface area contributed by atoms with Gasteiger partial charge >= 0.3 is 12.1 Å². The van der Waals surface area contributed by atoms with Crippen LogP contribution in [0.25, 0.3) is 11.1 Å². The molecule has 1 heterocycles. The van der Waals surface area contributed by atoms with Crippen molar-refractivity contribution in [3.8, 4) is 23.5 Å². The molecular weight excluding hydrogens is 528 g/mol. The van der Waals surface area contributed by atoms with Crippen molar-refractivity contribution in [3.05, 3.63) is 108 Å². The number of likely N-dealkylation sites (tertiary alicyclic amines) is 1. The Balaban J connectivity index is 1.45. The van der Waals surface area contributed by atoms with Gasteiger partial charge in [-0.25, -0.2) is 9.59 Å². The number of carbonyl (C=O) groups is 3. The number of rotatable bonds is 9. The Morgan fingerprint density at radius 3 is 2.21 bits per heavy atom. The molecule has 3 atom stereocenters. The minimum atomic E-state index is -1.50. The maximum Gasteiger partial charge on any atom is 0.408 e. The van der Waals surface area contributed by atoms with Crippen LogP contribution in [0.2, 0.25) is 0 Å². The van der Waals surface area contributed by atoms with E-state index in [9.17, 15) is 14.4 Å². The van der Waals surface area contributed by atoms with Crippen molar-refractivity contribution in [1.82, 2.24) is 10.2 Å². The van der Waals surface area contributed by atoms with Crippen molar-refractivity contribution in [2.24, 2.45) is 0 Å². The van der Waals surface area contributed by atoms with Gasteiger partial charge in [0.2, 0.25) is 0 Å². The molecule has 0 spiro atoms. The van der Waals surface area contributed by atoms with Gasteiger partial charge in [0, 0.05) is 12.3 Å². The van der Waals surface area contributed by atoms with Gasteiger partial charge in [-0.3, -0.25) is 4.79 Å². The fourth-order valence-corrected chi connectivity index (χ4v) is 6.28. The summed E-state index contributed by atoms with van der Waals surface area (Å²) in [7, 11) is 1.28. The highest BCUT2D eigenvalue weighted by atomic mass is 16.5. The number of fused-ring (bicyclic) bond motifs is 3. The lowest BCUT2D eigenvalue weighted by Crippen LogP contribution is -2.63. The second kappa shape index (κ2) is 12.4. The molecule has 0 aromatic heterocycles. The quantitative estimate of drug-likeness (QED) is 0.219. The van der Waals surface area contributed by atoms with E-state index in [0.717, 1.165) is 27.8 Å². The fourth-order valence-electron chi connectivity index (χ4n) is 6.28. The van der Waals surface area contributed by atoms with Gasteiger partial charge in [-0.1, -0.05) is 90.9 Å². The molecule has 0 bridgehead atoms. The van der Waals surface area contributed by atoms with Crippen molar-refractivity contribution < 1.29 is 23.9 Å². The first-order valence-electron chi connectivity index (χ1n) is 14.1. The number of carbonyl (C=O) groups excluding carboxylic acids is 3. The Kier molecular flexibility index (Phi) is 8.44. The number of hydrogen-bond acceptors (Lipinski definition) is 5. The Morgan fingerprint density at radius 2 is 1.62 bits per heavy atom. The summed E-state index contributed by atoms with van der Waals surface area (Å²) in [5.74, 6) is 1.48. The van der Waals surface area contributed by atoms with Gasteiger partial charge in [-0.15, -0.1) is 13.0 Å². The molecule has 0 saturated carbocycles. The molecule has 1 unspecified atom stereocenters. The molecule has 1 aliphatic carbocycles. The third-order valence-corrected chi connectivity index (χ3v) is 8.22. The first-order valence-corrected chi connectivity index (χ1v) is 14.1. The average Bonchev–Trinajstić information content (AvgIpc) is 3.59. The van der Waals surface area contributed by atoms with Crippen LogP contribution in [0.3, 0.4) is 0 Å². The van der Waals surface area contributed by atoms with Gasteiger partial charge in [-0.2, -0.15) is 0 Å². The smallest absolute Gasteiger partial charge is 0.408 e. The molecule has 5 rings (SSSR count). The second-order valence-electron chi connectivity index (χ2n) is 10.7. The van der Waals surface area contributed by atoms with Crippen molar-refractivity contribution in [3.63, 3.8) is 0 Å². The molecule has 42 heavy (non-hydrogen) atoms. The number of amides is 2. The van der Waals surface area contributed by atoms with Crippen LogP contribution in [-0.2, 0) is 25.5 Å². The van der Waals surface area contributed by atoms with Crippen molar-refractivity contribution >= 4 is 18.0 Å². The van der Waals surface area contributed by atoms with Crippen molar-refractivity contribution in [1.29, 1.82) is 0 Å². The molecule has 7 heteroatoms. The van der Waals surface area contributed by atoms with E-state index in [2.05, 4.69) is 29.9 Å². The Labute approximate surface area is 246 Å². The molecule has 0 radical (unpaired) electrons. The molecule has 214 valence electrons. The first kappa shape index (κ1) is 28.7. The Morgan fingerprint density at radius 1 is 1.00 bits per heavy atom. The summed E-state index contributed by atoms with van der Waals surface area (Å²) in [6.07, 6.45) is 7.69. The van der Waals surface area contributed by atoms with Crippen LogP contribution in [-0.4, -0.2) is 54.2 Å². The number of methoxy groups -OCH3 is 1. The number of terminal acetylenes is 1. The maximum atomic E-state index is 14.5. The minimum Gasteiger partial charge on any atom is -0.467 e. The van der Waals surface area contributed by atoms with Gasteiger partial charge in [0.25, 0.3) is 5.91 Å². The molecule has 2 aliphatic rings. The second-order valence-corrected chi connectivity index (χ2v) is 10.7. The topological polar surface area (TPSA) is 84.9 Å². The van der Waals surface area contributed by atoms with E-state index >= 15 is 0 Å². The highest BCUT2D eigenvalue weighted by Gasteiger charge is 2.50. The van der Waals surface area contributed by atoms with Gasteiger partial charge in [0.15, 0.2) is 0 Å². The summed E-state index contributed by atoms with van der Waals surface area (Å²) < 4.78 is 10.9. The fraction of sp³-hybridized carbons (Fsp3) is 0.286. The molecule has 1 saturated heterocycles. The number of ether oxygens (including phenoxy) is 2. The highest BCUT2D eigenvalue weighted by molar-refractivity contribution is 5.94. The standard InChI is InChI=1S/C35H34N2O5/c1-4-21-35(22-24-13-7-6-8-14-24,33(39)37-25(5-2)19-20-31(37)32(38)41-3)36-34(40)42-23-30-28-17-11-9-15-26(28)27-16-10-12-18-29(27)30/h2,4,6-18,25,30-31H,1,19-23H2,3H3,(H,36,40)/t25-,31-,35?/m0/s1. The molecule has 2 amide bonds. The molecular formula is C35H34N2O5. The third kappa shape index (κ3) is 5.40. The number of alkyl carbamates (subject to hydrolysis) is 1. The van der Waals surface area contributed by atoms with Crippen LogP contribution in [0, 0.1) is 12.3 Å². The van der Waals surface area contributed by atoms with Crippen LogP contribution in [0.1, 0.15) is 41.9 Å². The lowest BCUT2D eigenvalue weighted by Gasteiger charge is -2.39. The van der Waals surface area contributed by atoms with Crippen LogP contribution in [0.5, 0.6) is 0 Å². The van der Waals surface area contributed by atoms with E-state index in [1.807, 2.05) is 66.7 Å². The zero-order chi connectivity index (χ0) is 29.7.